The molecule has 0 aliphatic carbocycles. The Morgan fingerprint density at radius 2 is 1.93 bits per heavy atom. The van der Waals surface area contributed by atoms with Gasteiger partial charge in [0.2, 0.25) is 0 Å². The largest absolute Gasteiger partial charge is 0.416 e. The number of hydrogen-bond donors (Lipinski definition) is 3. The van der Waals surface area contributed by atoms with E-state index in [0.717, 1.165) is 31.4 Å². The van der Waals surface area contributed by atoms with Crippen molar-refractivity contribution in [1.29, 1.82) is 0 Å². The number of rotatable bonds is 6. The molecule has 2 fully saturated rings. The minimum Gasteiger partial charge on any atom is -0.373 e. The quantitative estimate of drug-likeness (QED) is 0.231. The van der Waals surface area contributed by atoms with Crippen LogP contribution in [0.25, 0.3) is 0 Å². The van der Waals surface area contributed by atoms with Gasteiger partial charge in [-0.1, -0.05) is 0 Å². The lowest BCUT2D eigenvalue weighted by atomic mass is 9.96. The van der Waals surface area contributed by atoms with Gasteiger partial charge in [0.25, 0.3) is 5.91 Å². The second-order valence-corrected chi connectivity index (χ2v) is 6.95. The van der Waals surface area contributed by atoms with E-state index >= 15 is 0 Å². The number of halogens is 4. The van der Waals surface area contributed by atoms with Crippen LogP contribution in [0.3, 0.4) is 0 Å². The van der Waals surface area contributed by atoms with Gasteiger partial charge in [0.1, 0.15) is 0 Å². The fourth-order valence-corrected chi connectivity index (χ4v) is 3.54. The van der Waals surface area contributed by atoms with Crippen LogP contribution in [0.4, 0.5) is 13.2 Å². The maximum Gasteiger partial charge on any atom is 0.416 e. The molecule has 2 bridgehead atoms. The van der Waals surface area contributed by atoms with Crippen LogP contribution in [0.15, 0.2) is 29.3 Å². The normalized spacial score (nSPS) is 23.4. The van der Waals surface area contributed by atoms with Crippen molar-refractivity contribution in [3.8, 4) is 0 Å². The molecule has 1 amide bonds. The summed E-state index contributed by atoms with van der Waals surface area (Å²) in [5, 5.41) is 9.22. The number of ether oxygens (including phenoxy) is 1. The van der Waals surface area contributed by atoms with Crippen LogP contribution in [-0.2, 0) is 10.9 Å². The molecule has 29 heavy (non-hydrogen) atoms. The van der Waals surface area contributed by atoms with Gasteiger partial charge in [0, 0.05) is 18.7 Å². The summed E-state index contributed by atoms with van der Waals surface area (Å²) in [5.41, 5.74) is -0.597. The first-order chi connectivity index (χ1) is 13.4. The topological polar surface area (TPSA) is 74.8 Å². The van der Waals surface area contributed by atoms with Crippen molar-refractivity contribution in [3.05, 3.63) is 35.4 Å². The molecular formula is C19H26F3IN4O2. The van der Waals surface area contributed by atoms with Crippen LogP contribution in [0, 0.1) is 0 Å². The molecule has 0 aromatic heterocycles. The van der Waals surface area contributed by atoms with E-state index in [4.69, 9.17) is 4.74 Å². The number of nitrogens with zero attached hydrogens (tertiary/aromatic N) is 1. The summed E-state index contributed by atoms with van der Waals surface area (Å²) in [6.07, 6.45) is -0.693. The van der Waals surface area contributed by atoms with Gasteiger partial charge in [-0.3, -0.25) is 9.79 Å². The summed E-state index contributed by atoms with van der Waals surface area (Å²) >= 11 is 0. The molecule has 2 aliphatic rings. The molecule has 3 atom stereocenters. The Morgan fingerprint density at radius 1 is 1.21 bits per heavy atom. The van der Waals surface area contributed by atoms with Crippen molar-refractivity contribution < 1.29 is 22.7 Å². The predicted octanol–water partition coefficient (Wildman–Crippen LogP) is 2.93. The van der Waals surface area contributed by atoms with Crippen LogP contribution in [0.1, 0.15) is 42.1 Å². The summed E-state index contributed by atoms with van der Waals surface area (Å²) in [4.78, 5) is 16.5. The molecule has 2 saturated heterocycles. The van der Waals surface area contributed by atoms with Crippen LogP contribution < -0.4 is 16.0 Å². The third-order valence-corrected chi connectivity index (χ3v) is 4.91. The van der Waals surface area contributed by atoms with E-state index in [9.17, 15) is 18.0 Å². The number of nitrogens with one attached hydrogen (secondary N) is 3. The smallest absolute Gasteiger partial charge is 0.373 e. The van der Waals surface area contributed by atoms with Crippen molar-refractivity contribution >= 4 is 35.8 Å². The number of carbonyl (C=O) groups excluding carboxylic acids is 1. The zero-order valence-electron chi connectivity index (χ0n) is 16.1. The molecule has 3 unspecified atom stereocenters. The Balaban J connectivity index is 0.00000300. The SMILES string of the molecule is CCNC(=NCCNC(=O)c1ccc(C(F)(F)F)cc1)NC1CC2CCC1O2.I. The lowest BCUT2D eigenvalue weighted by molar-refractivity contribution is -0.137. The summed E-state index contributed by atoms with van der Waals surface area (Å²) in [7, 11) is 0. The van der Waals surface area contributed by atoms with Gasteiger partial charge in [0.15, 0.2) is 5.96 Å². The Morgan fingerprint density at radius 3 is 2.48 bits per heavy atom. The number of benzene rings is 1. The van der Waals surface area contributed by atoms with E-state index in [-0.39, 0.29) is 48.2 Å². The van der Waals surface area contributed by atoms with Crippen molar-refractivity contribution in [2.75, 3.05) is 19.6 Å². The Hall–Kier alpha value is -1.56. The first kappa shape index (κ1) is 23.7. The molecular weight excluding hydrogens is 500 g/mol. The highest BCUT2D eigenvalue weighted by molar-refractivity contribution is 14.0. The van der Waals surface area contributed by atoms with Crippen LogP contribution in [0.5, 0.6) is 0 Å². The highest BCUT2D eigenvalue weighted by Crippen LogP contribution is 2.34. The minimum atomic E-state index is -4.41. The fourth-order valence-electron chi connectivity index (χ4n) is 3.54. The van der Waals surface area contributed by atoms with Crippen LogP contribution in [0.2, 0.25) is 0 Å². The van der Waals surface area contributed by atoms with Gasteiger partial charge in [-0.15, -0.1) is 24.0 Å². The number of carbonyl (C=O) groups is 1. The molecule has 1 aromatic carbocycles. The zero-order chi connectivity index (χ0) is 20.1. The molecule has 1 aromatic rings. The van der Waals surface area contributed by atoms with E-state index in [1.807, 2.05) is 6.92 Å². The maximum absolute atomic E-state index is 12.6. The number of hydrogen-bond acceptors (Lipinski definition) is 3. The summed E-state index contributed by atoms with van der Waals surface area (Å²) in [5.74, 6) is 0.246. The van der Waals surface area contributed by atoms with E-state index in [1.165, 1.54) is 12.1 Å². The Kier molecular flexibility index (Phi) is 8.56. The third kappa shape index (κ3) is 6.46. The second kappa shape index (κ2) is 10.5. The molecule has 162 valence electrons. The number of guanidine groups is 1. The summed E-state index contributed by atoms with van der Waals surface area (Å²) in [6, 6.07) is 4.39. The van der Waals surface area contributed by atoms with Crippen molar-refractivity contribution in [2.24, 2.45) is 4.99 Å². The van der Waals surface area contributed by atoms with E-state index in [2.05, 4.69) is 20.9 Å². The Labute approximate surface area is 185 Å². The van der Waals surface area contributed by atoms with Gasteiger partial charge >= 0.3 is 6.18 Å². The third-order valence-electron chi connectivity index (χ3n) is 4.91. The first-order valence-electron chi connectivity index (χ1n) is 9.52. The molecule has 2 heterocycles. The summed E-state index contributed by atoms with van der Waals surface area (Å²) < 4.78 is 43.5. The molecule has 0 saturated carbocycles. The van der Waals surface area contributed by atoms with Gasteiger partial charge in [0.05, 0.1) is 30.4 Å². The van der Waals surface area contributed by atoms with Crippen molar-refractivity contribution in [1.82, 2.24) is 16.0 Å². The standard InChI is InChI=1S/C19H25F3N4O2.HI/c1-2-23-18(26-15-11-14-7-8-16(15)28-14)25-10-9-24-17(27)12-3-5-13(6-4-12)19(20,21)22;/h3-6,14-16H,2,7-11H2,1H3,(H,24,27)(H2,23,25,26);1H. The highest BCUT2D eigenvalue weighted by Gasteiger charge is 2.41. The highest BCUT2D eigenvalue weighted by atomic mass is 127. The molecule has 0 spiro atoms. The van der Waals surface area contributed by atoms with Crippen LogP contribution >= 0.6 is 24.0 Å². The van der Waals surface area contributed by atoms with E-state index < -0.39 is 17.6 Å². The van der Waals surface area contributed by atoms with Crippen LogP contribution in [-0.4, -0.2) is 49.8 Å². The van der Waals surface area contributed by atoms with E-state index in [0.29, 0.717) is 25.2 Å². The van der Waals surface area contributed by atoms with Gasteiger partial charge in [-0.05, 0) is 50.5 Å². The lowest BCUT2D eigenvalue weighted by Gasteiger charge is -2.22. The molecule has 2 aliphatic heterocycles. The van der Waals surface area contributed by atoms with Gasteiger partial charge < -0.3 is 20.7 Å². The summed E-state index contributed by atoms with van der Waals surface area (Å²) in [6.45, 7) is 3.32. The fraction of sp³-hybridized carbons (Fsp3) is 0.579. The zero-order valence-corrected chi connectivity index (χ0v) is 18.4. The van der Waals surface area contributed by atoms with Crippen molar-refractivity contribution in [3.63, 3.8) is 0 Å². The molecule has 10 heteroatoms. The monoisotopic (exact) mass is 526 g/mol. The van der Waals surface area contributed by atoms with Gasteiger partial charge in [-0.2, -0.15) is 13.2 Å². The number of alkyl halides is 3. The average Bonchev–Trinajstić information content (AvgIpc) is 3.27. The molecule has 0 radical (unpaired) electrons. The maximum atomic E-state index is 12.6. The lowest BCUT2D eigenvalue weighted by Crippen LogP contribution is -2.47. The predicted molar refractivity (Wildman–Crippen MR) is 115 cm³/mol. The first-order valence-corrected chi connectivity index (χ1v) is 9.52. The minimum absolute atomic E-state index is 0. The number of amides is 1. The number of aliphatic imine (C=N–C) groups is 1. The molecule has 3 N–H and O–H groups in total. The molecule has 6 nitrogen and oxygen atoms in total. The van der Waals surface area contributed by atoms with Gasteiger partial charge in [-0.25, -0.2) is 0 Å². The van der Waals surface area contributed by atoms with E-state index in [1.54, 1.807) is 0 Å². The number of fused-ring (bicyclic) bond motifs is 2. The molecule has 3 rings (SSSR count). The Bertz CT molecular complexity index is 712. The second-order valence-electron chi connectivity index (χ2n) is 6.95. The van der Waals surface area contributed by atoms with Crippen molar-refractivity contribution in [2.45, 2.75) is 50.6 Å². The average molecular weight is 526 g/mol.